The van der Waals surface area contributed by atoms with Crippen LogP contribution in [0.15, 0.2) is 48.5 Å². The molecular formula is C24H27F3N2O6. The monoisotopic (exact) mass is 496 g/mol. The van der Waals surface area contributed by atoms with Crippen molar-refractivity contribution in [2.24, 2.45) is 0 Å². The third-order valence-electron chi connectivity index (χ3n) is 5.60. The van der Waals surface area contributed by atoms with Gasteiger partial charge in [0.05, 0.1) is 12.2 Å². The average Bonchev–Trinajstić information content (AvgIpc) is 2.73. The number of carboxylic acids is 1. The first-order valence-electron chi connectivity index (χ1n) is 10.8. The first-order valence-corrected chi connectivity index (χ1v) is 10.8. The van der Waals surface area contributed by atoms with Gasteiger partial charge in [0.1, 0.15) is 11.9 Å². The lowest BCUT2D eigenvalue weighted by atomic mass is 9.97. The second-order valence-electron chi connectivity index (χ2n) is 9.09. The molecule has 35 heavy (non-hydrogen) atoms. The summed E-state index contributed by atoms with van der Waals surface area (Å²) in [5.41, 5.74) is -3.02. The van der Waals surface area contributed by atoms with Crippen LogP contribution in [0.2, 0.25) is 0 Å². The summed E-state index contributed by atoms with van der Waals surface area (Å²) in [6, 6.07) is 13.9. The molecule has 1 heterocycles. The maximum absolute atomic E-state index is 13.0. The molecule has 1 amide bonds. The van der Waals surface area contributed by atoms with Crippen LogP contribution in [0.4, 0.5) is 29.3 Å². The summed E-state index contributed by atoms with van der Waals surface area (Å²) < 4.78 is 49.6. The summed E-state index contributed by atoms with van der Waals surface area (Å²) in [6.07, 6.45) is -6.85. The minimum absolute atomic E-state index is 0.175. The van der Waals surface area contributed by atoms with E-state index in [1.165, 1.54) is 25.1 Å². The van der Waals surface area contributed by atoms with Crippen molar-refractivity contribution in [2.45, 2.75) is 57.2 Å². The van der Waals surface area contributed by atoms with Crippen molar-refractivity contribution in [3.63, 3.8) is 0 Å². The van der Waals surface area contributed by atoms with Crippen LogP contribution in [0, 0.1) is 0 Å². The lowest BCUT2D eigenvalue weighted by Crippen LogP contribution is -2.46. The number of halogens is 3. The molecule has 8 nitrogen and oxygen atoms in total. The Morgan fingerprint density at radius 2 is 1.80 bits per heavy atom. The van der Waals surface area contributed by atoms with Gasteiger partial charge in [-0.1, -0.05) is 30.3 Å². The number of nitrogens with zero attached hydrogens (tertiary/aromatic N) is 1. The number of hydrogen-bond acceptors (Lipinski definition) is 6. The Balaban J connectivity index is 1.85. The van der Waals surface area contributed by atoms with E-state index in [9.17, 15) is 33.0 Å². The van der Waals surface area contributed by atoms with E-state index < -0.39 is 35.5 Å². The van der Waals surface area contributed by atoms with Crippen LogP contribution in [0.5, 0.6) is 5.75 Å². The Hall–Kier alpha value is -3.47. The summed E-state index contributed by atoms with van der Waals surface area (Å²) in [6.45, 7) is 3.32. The first kappa shape index (κ1) is 26.1. The quantitative estimate of drug-likeness (QED) is 0.515. The minimum atomic E-state index is -4.74. The number of carboxylic acid groups (broad SMARTS) is 1. The van der Waals surface area contributed by atoms with Gasteiger partial charge in [-0.2, -0.15) is 13.2 Å². The Kier molecular flexibility index (Phi) is 7.21. The number of nitrogens with one attached hydrogen (secondary N) is 1. The number of carbonyl (C=O) groups excluding carboxylic acids is 1. The Bertz CT molecular complexity index is 1070. The lowest BCUT2D eigenvalue weighted by Gasteiger charge is -2.38. The molecule has 0 unspecified atom stereocenters. The van der Waals surface area contributed by atoms with Gasteiger partial charge in [0.15, 0.2) is 5.60 Å². The predicted octanol–water partition coefficient (Wildman–Crippen LogP) is 4.57. The third kappa shape index (κ3) is 6.36. The van der Waals surface area contributed by atoms with E-state index >= 15 is 0 Å². The highest BCUT2D eigenvalue weighted by molar-refractivity contribution is 5.86. The van der Waals surface area contributed by atoms with E-state index in [2.05, 4.69) is 10.1 Å². The second kappa shape index (κ2) is 9.65. The maximum Gasteiger partial charge on any atom is 0.427 e. The number of amides is 1. The molecule has 0 aliphatic carbocycles. The minimum Gasteiger partial charge on any atom is -0.486 e. The van der Waals surface area contributed by atoms with Gasteiger partial charge in [-0.3, -0.25) is 5.32 Å². The van der Waals surface area contributed by atoms with Gasteiger partial charge in [-0.25, -0.2) is 9.59 Å². The van der Waals surface area contributed by atoms with E-state index in [4.69, 9.17) is 4.74 Å². The number of aliphatic carboxylic acids is 1. The molecular weight excluding hydrogens is 469 g/mol. The molecule has 11 heteroatoms. The highest BCUT2D eigenvalue weighted by atomic mass is 19.4. The van der Waals surface area contributed by atoms with Gasteiger partial charge >= 0.3 is 18.2 Å². The van der Waals surface area contributed by atoms with Gasteiger partial charge in [0.25, 0.3) is 0 Å². The number of rotatable bonds is 7. The van der Waals surface area contributed by atoms with E-state index in [-0.39, 0.29) is 18.7 Å². The summed E-state index contributed by atoms with van der Waals surface area (Å²) in [4.78, 5) is 25.4. The molecule has 190 valence electrons. The standard InChI is InChI=1S/C24H27F3N2O6/c1-22(2,24(25,26)27)35-21(32)28-16-9-10-19-18(11-16)29(13-15-7-5-4-6-8-15)14-17(34-19)12-23(3,33)20(30)31/h4-11,17,33H,12-14H2,1-3H3,(H,28,32)(H,30,31)/t17-,23-/m0/s1. The highest BCUT2D eigenvalue weighted by Gasteiger charge is 2.51. The average molecular weight is 496 g/mol. The van der Waals surface area contributed by atoms with Crippen molar-refractivity contribution < 1.29 is 42.4 Å². The van der Waals surface area contributed by atoms with Gasteiger partial charge in [-0.15, -0.1) is 0 Å². The van der Waals surface area contributed by atoms with Crippen molar-refractivity contribution in [1.82, 2.24) is 0 Å². The number of fused-ring (bicyclic) bond motifs is 1. The molecule has 0 radical (unpaired) electrons. The molecule has 3 N–H and O–H groups in total. The molecule has 0 fully saturated rings. The van der Waals surface area contributed by atoms with Crippen LogP contribution < -0.4 is 15.0 Å². The van der Waals surface area contributed by atoms with Gasteiger partial charge in [-0.05, 0) is 44.5 Å². The predicted molar refractivity (Wildman–Crippen MR) is 121 cm³/mol. The zero-order chi connectivity index (χ0) is 26.0. The SMILES string of the molecule is CC(C)(OC(=O)Nc1ccc2c(c1)N(Cc1ccccc1)C[C@H](C[C@](C)(O)C(=O)O)O2)C(F)(F)F. The number of carbonyl (C=O) groups is 2. The van der Waals surface area contributed by atoms with Crippen LogP contribution in [-0.4, -0.2) is 52.3 Å². The normalized spacial score (nSPS) is 17.6. The van der Waals surface area contributed by atoms with Crippen LogP contribution in [0.1, 0.15) is 32.8 Å². The van der Waals surface area contributed by atoms with Gasteiger partial charge in [0.2, 0.25) is 5.60 Å². The smallest absolute Gasteiger partial charge is 0.427 e. The van der Waals surface area contributed by atoms with E-state index in [0.29, 0.717) is 18.0 Å². The molecule has 0 aromatic heterocycles. The largest absolute Gasteiger partial charge is 0.486 e. The number of alkyl halides is 3. The molecule has 0 spiro atoms. The van der Waals surface area contributed by atoms with Crippen molar-refractivity contribution >= 4 is 23.4 Å². The topological polar surface area (TPSA) is 108 Å². The van der Waals surface area contributed by atoms with Crippen LogP contribution in [0.25, 0.3) is 0 Å². The molecule has 2 atom stereocenters. The number of benzene rings is 2. The van der Waals surface area contributed by atoms with Gasteiger partial charge in [0, 0.05) is 18.7 Å². The second-order valence-corrected chi connectivity index (χ2v) is 9.09. The van der Waals surface area contributed by atoms with Crippen LogP contribution >= 0.6 is 0 Å². The molecule has 0 bridgehead atoms. The number of aliphatic hydroxyl groups is 1. The first-order chi connectivity index (χ1) is 16.2. The van der Waals surface area contributed by atoms with Crippen molar-refractivity contribution in [3.05, 3.63) is 54.1 Å². The van der Waals surface area contributed by atoms with Crippen molar-refractivity contribution in [3.8, 4) is 5.75 Å². The summed E-state index contributed by atoms with van der Waals surface area (Å²) in [7, 11) is 0. The summed E-state index contributed by atoms with van der Waals surface area (Å²) in [5, 5.41) is 21.8. The summed E-state index contributed by atoms with van der Waals surface area (Å²) >= 11 is 0. The maximum atomic E-state index is 13.0. The van der Waals surface area contributed by atoms with Crippen molar-refractivity contribution in [1.29, 1.82) is 0 Å². The fourth-order valence-corrected chi connectivity index (χ4v) is 3.53. The molecule has 0 saturated carbocycles. The molecule has 2 aromatic carbocycles. The van der Waals surface area contributed by atoms with E-state index in [0.717, 1.165) is 19.4 Å². The molecule has 1 aliphatic rings. The number of ether oxygens (including phenoxy) is 2. The van der Waals surface area contributed by atoms with Gasteiger partial charge < -0.3 is 24.6 Å². The Morgan fingerprint density at radius 1 is 1.14 bits per heavy atom. The Labute approximate surface area is 200 Å². The zero-order valence-corrected chi connectivity index (χ0v) is 19.4. The lowest BCUT2D eigenvalue weighted by molar-refractivity contribution is -0.242. The summed E-state index contributed by atoms with van der Waals surface area (Å²) in [5.74, 6) is -1.01. The highest BCUT2D eigenvalue weighted by Crippen LogP contribution is 2.39. The molecule has 1 aliphatic heterocycles. The molecule has 0 saturated heterocycles. The molecule has 2 aromatic rings. The van der Waals surface area contributed by atoms with Crippen molar-refractivity contribution in [2.75, 3.05) is 16.8 Å². The van der Waals surface area contributed by atoms with E-state index in [1.807, 2.05) is 35.2 Å². The fourth-order valence-electron chi connectivity index (χ4n) is 3.53. The number of anilines is 2. The number of hydrogen-bond donors (Lipinski definition) is 3. The third-order valence-corrected chi connectivity index (χ3v) is 5.60. The Morgan fingerprint density at radius 3 is 2.40 bits per heavy atom. The van der Waals surface area contributed by atoms with Crippen LogP contribution in [0.3, 0.4) is 0 Å². The fraction of sp³-hybridized carbons (Fsp3) is 0.417. The molecule has 3 rings (SSSR count). The van der Waals surface area contributed by atoms with E-state index in [1.54, 1.807) is 0 Å². The van der Waals surface area contributed by atoms with Crippen LogP contribution in [-0.2, 0) is 16.1 Å². The zero-order valence-electron chi connectivity index (χ0n) is 19.4.